The van der Waals surface area contributed by atoms with Crippen molar-refractivity contribution in [1.82, 2.24) is 15.2 Å². The summed E-state index contributed by atoms with van der Waals surface area (Å²) in [5.41, 5.74) is 0.944. The van der Waals surface area contributed by atoms with E-state index < -0.39 is 0 Å². The second-order valence-electron chi connectivity index (χ2n) is 5.14. The maximum Gasteiger partial charge on any atom is 0.255 e. The van der Waals surface area contributed by atoms with Gasteiger partial charge in [0.05, 0.1) is 5.56 Å². The molecule has 1 aliphatic heterocycles. The highest BCUT2D eigenvalue weighted by Gasteiger charge is 2.25. The number of piperazine rings is 1. The first kappa shape index (κ1) is 15.5. The number of nitrogens with one attached hydrogen (secondary N) is 2. The van der Waals surface area contributed by atoms with Gasteiger partial charge in [-0.25, -0.2) is 0 Å². The van der Waals surface area contributed by atoms with Crippen LogP contribution in [0, 0.1) is 0 Å². The van der Waals surface area contributed by atoms with E-state index in [1.807, 2.05) is 36.1 Å². The maximum absolute atomic E-state index is 12.7. The molecule has 21 heavy (non-hydrogen) atoms. The number of aromatic amines is 1. The van der Waals surface area contributed by atoms with Crippen LogP contribution in [0.3, 0.4) is 0 Å². The van der Waals surface area contributed by atoms with Crippen LogP contribution in [0.4, 0.5) is 0 Å². The number of pyridine rings is 1. The Morgan fingerprint density at radius 2 is 2.10 bits per heavy atom. The molecule has 3 rings (SSSR count). The molecule has 1 amide bonds. The van der Waals surface area contributed by atoms with Gasteiger partial charge in [0.1, 0.15) is 0 Å². The number of amides is 1. The number of para-hydroxylation sites is 1. The fourth-order valence-electron chi connectivity index (χ4n) is 2.68. The van der Waals surface area contributed by atoms with Gasteiger partial charge in [-0.1, -0.05) is 18.2 Å². The largest absolute Gasteiger partial charge is 0.333 e. The lowest BCUT2D eigenvalue weighted by molar-refractivity contribution is 0.0657. The topological polar surface area (TPSA) is 65.2 Å². The van der Waals surface area contributed by atoms with Gasteiger partial charge in [0, 0.05) is 42.6 Å². The van der Waals surface area contributed by atoms with Crippen molar-refractivity contribution < 1.29 is 4.79 Å². The van der Waals surface area contributed by atoms with E-state index in [4.69, 9.17) is 0 Å². The van der Waals surface area contributed by atoms with Gasteiger partial charge in [0.25, 0.3) is 5.91 Å². The molecule has 1 atom stereocenters. The zero-order valence-electron chi connectivity index (χ0n) is 11.8. The van der Waals surface area contributed by atoms with E-state index in [1.165, 1.54) is 6.07 Å². The van der Waals surface area contributed by atoms with E-state index in [-0.39, 0.29) is 29.9 Å². The fraction of sp³-hybridized carbons (Fsp3) is 0.333. The summed E-state index contributed by atoms with van der Waals surface area (Å²) in [7, 11) is 0. The number of H-pyrrole nitrogens is 1. The molecule has 112 valence electrons. The van der Waals surface area contributed by atoms with Crippen LogP contribution < -0.4 is 10.9 Å². The summed E-state index contributed by atoms with van der Waals surface area (Å²) in [6.45, 7) is 4.25. The van der Waals surface area contributed by atoms with Crippen molar-refractivity contribution in [1.29, 1.82) is 0 Å². The van der Waals surface area contributed by atoms with Gasteiger partial charge in [-0.2, -0.15) is 0 Å². The Bertz CT molecular complexity index is 713. The van der Waals surface area contributed by atoms with Crippen molar-refractivity contribution in [2.24, 2.45) is 0 Å². The Balaban J connectivity index is 0.00000161. The molecule has 0 spiro atoms. The van der Waals surface area contributed by atoms with Gasteiger partial charge < -0.3 is 15.2 Å². The van der Waals surface area contributed by atoms with Gasteiger partial charge in [0.15, 0.2) is 0 Å². The van der Waals surface area contributed by atoms with E-state index >= 15 is 0 Å². The third kappa shape index (κ3) is 2.94. The molecule has 1 unspecified atom stereocenters. The van der Waals surface area contributed by atoms with Crippen LogP contribution in [0.2, 0.25) is 0 Å². The molecule has 1 saturated heterocycles. The summed E-state index contributed by atoms with van der Waals surface area (Å²) >= 11 is 0. The smallest absolute Gasteiger partial charge is 0.255 e. The van der Waals surface area contributed by atoms with Gasteiger partial charge in [-0.05, 0) is 13.0 Å². The Morgan fingerprint density at radius 3 is 2.86 bits per heavy atom. The van der Waals surface area contributed by atoms with Crippen LogP contribution in [0.5, 0.6) is 0 Å². The maximum atomic E-state index is 12.7. The fourth-order valence-corrected chi connectivity index (χ4v) is 2.68. The van der Waals surface area contributed by atoms with Crippen LogP contribution in [0.15, 0.2) is 35.1 Å². The number of halogens is 1. The normalized spacial score (nSPS) is 18.3. The van der Waals surface area contributed by atoms with Crippen molar-refractivity contribution in [3.05, 3.63) is 46.2 Å². The minimum atomic E-state index is -0.241. The SMILES string of the molecule is CC1CNCCN1C(=O)c1cc(=O)[nH]c2ccccc12.Cl. The molecule has 1 aromatic carbocycles. The standard InChI is InChI=1S/C15H17N3O2.ClH/c1-10-9-16-6-7-18(10)15(20)12-8-14(19)17-13-5-3-2-4-11(12)13;/h2-5,8,10,16H,6-7,9H2,1H3,(H,17,19);1H. The number of aromatic nitrogens is 1. The second kappa shape index (κ2) is 6.28. The van der Waals surface area contributed by atoms with Crippen molar-refractivity contribution in [3.8, 4) is 0 Å². The van der Waals surface area contributed by atoms with Gasteiger partial charge in [-0.3, -0.25) is 9.59 Å². The Morgan fingerprint density at radius 1 is 1.33 bits per heavy atom. The van der Waals surface area contributed by atoms with Gasteiger partial charge in [-0.15, -0.1) is 12.4 Å². The Labute approximate surface area is 128 Å². The number of hydrogen-bond donors (Lipinski definition) is 2. The number of benzene rings is 1. The molecule has 0 saturated carbocycles. The zero-order chi connectivity index (χ0) is 14.1. The Hall–Kier alpha value is -1.85. The van der Waals surface area contributed by atoms with E-state index in [0.29, 0.717) is 17.6 Å². The van der Waals surface area contributed by atoms with Crippen LogP contribution in [0.25, 0.3) is 10.9 Å². The molecule has 1 aliphatic rings. The lowest BCUT2D eigenvalue weighted by atomic mass is 10.1. The molecule has 0 bridgehead atoms. The molecule has 2 aromatic rings. The minimum absolute atomic E-state index is 0. The van der Waals surface area contributed by atoms with Gasteiger partial charge >= 0.3 is 0 Å². The molecule has 2 heterocycles. The summed E-state index contributed by atoms with van der Waals surface area (Å²) in [5, 5.41) is 4.05. The lowest BCUT2D eigenvalue weighted by Gasteiger charge is -2.34. The molecule has 0 aliphatic carbocycles. The van der Waals surface area contributed by atoms with Gasteiger partial charge in [0.2, 0.25) is 5.56 Å². The highest BCUT2D eigenvalue weighted by molar-refractivity contribution is 6.06. The molecule has 6 heteroatoms. The molecular weight excluding hydrogens is 290 g/mol. The average Bonchev–Trinajstić information content (AvgIpc) is 2.46. The van der Waals surface area contributed by atoms with Crippen molar-refractivity contribution in [2.45, 2.75) is 13.0 Å². The summed E-state index contributed by atoms with van der Waals surface area (Å²) < 4.78 is 0. The van der Waals surface area contributed by atoms with E-state index in [0.717, 1.165) is 18.5 Å². The minimum Gasteiger partial charge on any atom is -0.333 e. The molecular formula is C15H18ClN3O2. The number of carbonyl (C=O) groups excluding carboxylic acids is 1. The molecule has 0 radical (unpaired) electrons. The molecule has 2 N–H and O–H groups in total. The number of carbonyl (C=O) groups is 1. The summed E-state index contributed by atoms with van der Waals surface area (Å²) in [6, 6.07) is 8.94. The Kier molecular flexibility index (Phi) is 4.65. The first-order valence-electron chi connectivity index (χ1n) is 6.80. The second-order valence-corrected chi connectivity index (χ2v) is 5.14. The number of fused-ring (bicyclic) bond motifs is 1. The number of rotatable bonds is 1. The van der Waals surface area contributed by atoms with E-state index in [9.17, 15) is 9.59 Å². The van der Waals surface area contributed by atoms with Crippen molar-refractivity contribution in [3.63, 3.8) is 0 Å². The predicted octanol–water partition coefficient (Wildman–Crippen LogP) is 1.38. The number of nitrogens with zero attached hydrogens (tertiary/aromatic N) is 1. The monoisotopic (exact) mass is 307 g/mol. The van der Waals surface area contributed by atoms with E-state index in [1.54, 1.807) is 0 Å². The van der Waals surface area contributed by atoms with Crippen LogP contribution in [0.1, 0.15) is 17.3 Å². The van der Waals surface area contributed by atoms with E-state index in [2.05, 4.69) is 10.3 Å². The summed E-state index contributed by atoms with van der Waals surface area (Å²) in [5.74, 6) is -0.0682. The average molecular weight is 308 g/mol. The molecule has 5 nitrogen and oxygen atoms in total. The summed E-state index contributed by atoms with van der Waals surface area (Å²) in [6.07, 6.45) is 0. The molecule has 1 aromatic heterocycles. The summed E-state index contributed by atoms with van der Waals surface area (Å²) in [4.78, 5) is 29.0. The third-order valence-electron chi connectivity index (χ3n) is 3.74. The van der Waals surface area contributed by atoms with Crippen molar-refractivity contribution >= 4 is 29.2 Å². The first-order chi connectivity index (χ1) is 9.66. The van der Waals surface area contributed by atoms with Crippen LogP contribution in [-0.4, -0.2) is 41.5 Å². The highest BCUT2D eigenvalue weighted by atomic mass is 35.5. The first-order valence-corrected chi connectivity index (χ1v) is 6.80. The lowest BCUT2D eigenvalue weighted by Crippen LogP contribution is -2.52. The van der Waals surface area contributed by atoms with Crippen LogP contribution >= 0.6 is 12.4 Å². The number of hydrogen-bond acceptors (Lipinski definition) is 3. The third-order valence-corrected chi connectivity index (χ3v) is 3.74. The van der Waals surface area contributed by atoms with Crippen molar-refractivity contribution in [2.75, 3.05) is 19.6 Å². The quantitative estimate of drug-likeness (QED) is 0.836. The zero-order valence-corrected chi connectivity index (χ0v) is 12.6. The predicted molar refractivity (Wildman–Crippen MR) is 85.2 cm³/mol. The highest BCUT2D eigenvalue weighted by Crippen LogP contribution is 2.18. The molecule has 1 fully saturated rings. The van der Waals surface area contributed by atoms with Crippen LogP contribution in [-0.2, 0) is 0 Å².